The Labute approximate surface area is 96.4 Å². The summed E-state index contributed by atoms with van der Waals surface area (Å²) in [4.78, 5) is 0. The summed E-state index contributed by atoms with van der Waals surface area (Å²) in [6, 6.07) is 1.91. The maximum Gasteiger partial charge on any atom is 0.401 e. The first kappa shape index (κ1) is 13.4. The monoisotopic (exact) mass is 253 g/mol. The second kappa shape index (κ2) is 5.58. The molecule has 0 aliphatic carbocycles. The topological polar surface area (TPSA) is 29.9 Å². The molecule has 0 radical (unpaired) electrons. The van der Waals surface area contributed by atoms with E-state index in [0.717, 1.165) is 10.7 Å². The molecule has 0 amide bonds. The summed E-state index contributed by atoms with van der Waals surface area (Å²) in [5.74, 6) is 0.592. The van der Waals surface area contributed by atoms with Crippen LogP contribution in [-0.4, -0.2) is 34.8 Å². The molecule has 0 saturated carbocycles. The van der Waals surface area contributed by atoms with Crippen LogP contribution in [0.2, 0.25) is 0 Å². The molecule has 0 aromatic carbocycles. The van der Waals surface area contributed by atoms with Crippen LogP contribution >= 0.6 is 11.8 Å². The Morgan fingerprint density at radius 1 is 1.50 bits per heavy atom. The number of rotatable bonds is 5. The molecule has 0 aliphatic heterocycles. The highest BCUT2D eigenvalue weighted by Gasteiger charge is 2.25. The molecule has 7 heteroatoms. The molecule has 0 saturated heterocycles. The summed E-state index contributed by atoms with van der Waals surface area (Å²) < 4.78 is 37.1. The zero-order valence-electron chi connectivity index (χ0n) is 9.14. The highest BCUT2D eigenvalue weighted by molar-refractivity contribution is 7.99. The summed E-state index contributed by atoms with van der Waals surface area (Å²) >= 11 is 1.49. The van der Waals surface area contributed by atoms with Gasteiger partial charge in [0.05, 0.1) is 17.3 Å². The molecule has 0 unspecified atom stereocenters. The van der Waals surface area contributed by atoms with Crippen LogP contribution in [0, 0.1) is 6.92 Å². The summed E-state index contributed by atoms with van der Waals surface area (Å²) in [6.45, 7) is 1.28. The largest absolute Gasteiger partial charge is 0.401 e. The molecule has 1 aromatic rings. The van der Waals surface area contributed by atoms with Crippen molar-refractivity contribution in [1.82, 2.24) is 15.1 Å². The fourth-order valence-corrected chi connectivity index (χ4v) is 2.12. The van der Waals surface area contributed by atoms with Crippen molar-refractivity contribution >= 4 is 11.8 Å². The van der Waals surface area contributed by atoms with Crippen molar-refractivity contribution in [2.75, 3.05) is 18.8 Å². The van der Waals surface area contributed by atoms with Crippen molar-refractivity contribution in [3.8, 4) is 0 Å². The van der Waals surface area contributed by atoms with Crippen molar-refractivity contribution in [3.63, 3.8) is 0 Å². The minimum atomic E-state index is -4.13. The zero-order valence-corrected chi connectivity index (χ0v) is 9.95. The molecule has 1 heterocycles. The van der Waals surface area contributed by atoms with Crippen molar-refractivity contribution < 1.29 is 13.2 Å². The van der Waals surface area contributed by atoms with Crippen LogP contribution in [0.5, 0.6) is 0 Å². The molecule has 1 aromatic heterocycles. The number of hydrogen-bond acceptors (Lipinski definition) is 3. The fourth-order valence-electron chi connectivity index (χ4n) is 1.18. The van der Waals surface area contributed by atoms with Crippen LogP contribution in [0.1, 0.15) is 5.69 Å². The minimum Gasteiger partial charge on any atom is -0.308 e. The second-order valence-corrected chi connectivity index (χ2v) is 4.50. The van der Waals surface area contributed by atoms with E-state index in [4.69, 9.17) is 0 Å². The Morgan fingerprint density at radius 2 is 2.19 bits per heavy atom. The normalized spacial score (nSPS) is 12.1. The van der Waals surface area contributed by atoms with Crippen molar-refractivity contribution in [1.29, 1.82) is 0 Å². The highest BCUT2D eigenvalue weighted by Crippen LogP contribution is 2.17. The van der Waals surface area contributed by atoms with Gasteiger partial charge in [0.15, 0.2) is 0 Å². The number of aryl methyl sites for hydroxylation is 2. The first-order valence-electron chi connectivity index (χ1n) is 4.79. The third kappa shape index (κ3) is 4.89. The second-order valence-electron chi connectivity index (χ2n) is 3.39. The lowest BCUT2D eigenvalue weighted by molar-refractivity contribution is -0.124. The third-order valence-electron chi connectivity index (χ3n) is 1.81. The van der Waals surface area contributed by atoms with Crippen molar-refractivity contribution in [3.05, 3.63) is 11.8 Å². The van der Waals surface area contributed by atoms with Gasteiger partial charge in [-0.1, -0.05) is 0 Å². The molecule has 0 fully saturated rings. The third-order valence-corrected chi connectivity index (χ3v) is 2.90. The van der Waals surface area contributed by atoms with E-state index in [9.17, 15) is 13.2 Å². The minimum absolute atomic E-state index is 0.328. The average Bonchev–Trinajstić information content (AvgIpc) is 2.42. The van der Waals surface area contributed by atoms with E-state index < -0.39 is 12.7 Å². The average molecular weight is 253 g/mol. The van der Waals surface area contributed by atoms with Gasteiger partial charge in [-0.05, 0) is 13.0 Å². The summed E-state index contributed by atoms with van der Waals surface area (Å²) in [5.41, 5.74) is 0.910. The molecular weight excluding hydrogens is 239 g/mol. The number of alkyl halides is 3. The molecule has 0 atom stereocenters. The Kier molecular flexibility index (Phi) is 4.67. The van der Waals surface area contributed by atoms with Crippen LogP contribution in [0.25, 0.3) is 0 Å². The Morgan fingerprint density at radius 3 is 2.69 bits per heavy atom. The number of nitrogens with zero attached hydrogens (tertiary/aromatic N) is 2. The maximum absolute atomic E-state index is 11.8. The van der Waals surface area contributed by atoms with Crippen LogP contribution in [-0.2, 0) is 7.05 Å². The van der Waals surface area contributed by atoms with Crippen LogP contribution < -0.4 is 5.32 Å². The number of aromatic nitrogens is 2. The van der Waals surface area contributed by atoms with E-state index in [1.54, 1.807) is 4.68 Å². The van der Waals surface area contributed by atoms with Crippen molar-refractivity contribution in [2.24, 2.45) is 7.05 Å². The van der Waals surface area contributed by atoms with E-state index >= 15 is 0 Å². The van der Waals surface area contributed by atoms with Gasteiger partial charge in [0.2, 0.25) is 0 Å². The summed E-state index contributed by atoms with van der Waals surface area (Å²) in [5, 5.41) is 7.46. The Balaban J connectivity index is 2.19. The molecular formula is C9H14F3N3S. The Hall–Kier alpha value is -0.690. The lowest BCUT2D eigenvalue weighted by Gasteiger charge is -2.07. The molecule has 92 valence electrons. The van der Waals surface area contributed by atoms with Gasteiger partial charge in [-0.15, -0.1) is 11.8 Å². The van der Waals surface area contributed by atoms with E-state index in [-0.39, 0.29) is 0 Å². The van der Waals surface area contributed by atoms with Crippen LogP contribution in [0.15, 0.2) is 11.1 Å². The highest BCUT2D eigenvalue weighted by atomic mass is 32.2. The molecule has 16 heavy (non-hydrogen) atoms. The number of nitrogens with one attached hydrogen (secondary N) is 1. The molecule has 3 nitrogen and oxygen atoms in total. The first-order chi connectivity index (χ1) is 7.38. The lowest BCUT2D eigenvalue weighted by Crippen LogP contribution is -2.30. The van der Waals surface area contributed by atoms with Gasteiger partial charge in [-0.25, -0.2) is 0 Å². The SMILES string of the molecule is Cc1cc(SCCNCC(F)(F)F)n(C)n1. The summed E-state index contributed by atoms with van der Waals surface area (Å²) in [6.07, 6.45) is -4.13. The zero-order chi connectivity index (χ0) is 12.2. The molecule has 1 N–H and O–H groups in total. The number of thioether (sulfide) groups is 1. The van der Waals surface area contributed by atoms with Crippen molar-refractivity contribution in [2.45, 2.75) is 18.1 Å². The van der Waals surface area contributed by atoms with Gasteiger partial charge >= 0.3 is 6.18 Å². The summed E-state index contributed by atoms with van der Waals surface area (Å²) in [7, 11) is 1.82. The van der Waals surface area contributed by atoms with Crippen LogP contribution in [0.4, 0.5) is 13.2 Å². The van der Waals surface area contributed by atoms with E-state index in [1.807, 2.05) is 20.0 Å². The van der Waals surface area contributed by atoms with Gasteiger partial charge in [0.1, 0.15) is 0 Å². The van der Waals surface area contributed by atoms with E-state index in [0.29, 0.717) is 12.3 Å². The first-order valence-corrected chi connectivity index (χ1v) is 5.78. The molecule has 0 spiro atoms. The lowest BCUT2D eigenvalue weighted by atomic mass is 10.5. The fraction of sp³-hybridized carbons (Fsp3) is 0.667. The van der Waals surface area contributed by atoms with Gasteiger partial charge in [0, 0.05) is 19.3 Å². The van der Waals surface area contributed by atoms with E-state index in [2.05, 4.69) is 10.4 Å². The number of halogens is 3. The van der Waals surface area contributed by atoms with Gasteiger partial charge in [-0.2, -0.15) is 18.3 Å². The van der Waals surface area contributed by atoms with Gasteiger partial charge < -0.3 is 5.32 Å². The molecule has 0 bridgehead atoms. The Bertz CT molecular complexity index is 335. The predicted molar refractivity (Wildman–Crippen MR) is 57.6 cm³/mol. The quantitative estimate of drug-likeness (QED) is 0.642. The van der Waals surface area contributed by atoms with Crippen LogP contribution in [0.3, 0.4) is 0 Å². The number of hydrogen-bond donors (Lipinski definition) is 1. The smallest absolute Gasteiger partial charge is 0.308 e. The standard InChI is InChI=1S/C9H14F3N3S/c1-7-5-8(15(2)14-7)16-4-3-13-6-9(10,11)12/h5,13H,3-4,6H2,1-2H3. The maximum atomic E-state index is 11.8. The molecule has 0 aliphatic rings. The predicted octanol–water partition coefficient (Wildman–Crippen LogP) is 1.97. The van der Waals surface area contributed by atoms with Gasteiger partial charge in [0.25, 0.3) is 0 Å². The van der Waals surface area contributed by atoms with Gasteiger partial charge in [-0.3, -0.25) is 4.68 Å². The molecule has 1 rings (SSSR count). The van der Waals surface area contributed by atoms with E-state index in [1.165, 1.54) is 11.8 Å².